The van der Waals surface area contributed by atoms with Crippen molar-refractivity contribution < 1.29 is 14.2 Å². The summed E-state index contributed by atoms with van der Waals surface area (Å²) in [5.41, 5.74) is 0. The van der Waals surface area contributed by atoms with E-state index in [9.17, 15) is 0 Å². The fourth-order valence-corrected chi connectivity index (χ4v) is 1.26. The monoisotopic (exact) mass is 219 g/mol. The zero-order valence-electron chi connectivity index (χ0n) is 10.7. The second-order valence-electron chi connectivity index (χ2n) is 3.94. The van der Waals surface area contributed by atoms with Crippen LogP contribution in [-0.4, -0.2) is 64.7 Å². The van der Waals surface area contributed by atoms with Crippen LogP contribution in [0.2, 0.25) is 0 Å². The van der Waals surface area contributed by atoms with Gasteiger partial charge in [0.25, 0.3) is 0 Å². The molecule has 0 aliphatic heterocycles. The molecule has 0 fully saturated rings. The average Bonchev–Trinajstić information content (AvgIpc) is 2.21. The van der Waals surface area contributed by atoms with Crippen LogP contribution in [0.5, 0.6) is 0 Å². The summed E-state index contributed by atoms with van der Waals surface area (Å²) in [4.78, 5) is 2.26. The van der Waals surface area contributed by atoms with Gasteiger partial charge in [0.05, 0.1) is 32.5 Å². The van der Waals surface area contributed by atoms with Crippen LogP contribution in [0, 0.1) is 0 Å². The van der Waals surface area contributed by atoms with Crippen molar-refractivity contribution in [1.82, 2.24) is 4.90 Å². The van der Waals surface area contributed by atoms with Crippen LogP contribution in [0.15, 0.2) is 0 Å². The predicted molar refractivity (Wildman–Crippen MR) is 61.3 cm³/mol. The molecule has 0 heterocycles. The summed E-state index contributed by atoms with van der Waals surface area (Å²) < 4.78 is 15.6. The first-order chi connectivity index (χ1) is 7.13. The molecule has 15 heavy (non-hydrogen) atoms. The van der Waals surface area contributed by atoms with Gasteiger partial charge in [-0.1, -0.05) is 0 Å². The number of ether oxygens (including phenoxy) is 3. The molecule has 0 aromatic heterocycles. The first-order valence-corrected chi connectivity index (χ1v) is 5.41. The lowest BCUT2D eigenvalue weighted by Gasteiger charge is -2.30. The quantitative estimate of drug-likeness (QED) is 0.541. The number of rotatable bonds is 9. The Kier molecular flexibility index (Phi) is 9.00. The van der Waals surface area contributed by atoms with Gasteiger partial charge < -0.3 is 14.2 Å². The highest BCUT2D eigenvalue weighted by Crippen LogP contribution is 2.03. The zero-order valence-corrected chi connectivity index (χ0v) is 10.7. The van der Waals surface area contributed by atoms with Crippen LogP contribution >= 0.6 is 0 Å². The van der Waals surface area contributed by atoms with Crippen LogP contribution in [0.4, 0.5) is 0 Å². The Bertz CT molecular complexity index is 142. The molecule has 0 saturated heterocycles. The van der Waals surface area contributed by atoms with Gasteiger partial charge >= 0.3 is 0 Å². The lowest BCUT2D eigenvalue weighted by molar-refractivity contribution is 0.00215. The van der Waals surface area contributed by atoms with Gasteiger partial charge in [-0.25, -0.2) is 0 Å². The first kappa shape index (κ1) is 14.8. The van der Waals surface area contributed by atoms with Crippen molar-refractivity contribution in [2.75, 3.05) is 47.7 Å². The highest BCUT2D eigenvalue weighted by molar-refractivity contribution is 4.70. The lowest BCUT2D eigenvalue weighted by atomic mass is 10.2. The van der Waals surface area contributed by atoms with Crippen LogP contribution in [0.25, 0.3) is 0 Å². The van der Waals surface area contributed by atoms with E-state index in [-0.39, 0.29) is 0 Å². The molecule has 0 radical (unpaired) electrons. The van der Waals surface area contributed by atoms with E-state index in [4.69, 9.17) is 14.2 Å². The summed E-state index contributed by atoms with van der Waals surface area (Å²) in [6, 6.07) is 0.808. The molecule has 0 N–H and O–H groups in total. The molecule has 0 rings (SSSR count). The van der Waals surface area contributed by atoms with Gasteiger partial charge in [-0.3, -0.25) is 4.90 Å². The van der Waals surface area contributed by atoms with Crippen molar-refractivity contribution in [2.45, 2.75) is 25.9 Å². The molecule has 0 aromatic rings. The molecule has 0 aliphatic carbocycles. The minimum Gasteiger partial charge on any atom is -0.383 e. The van der Waals surface area contributed by atoms with Crippen molar-refractivity contribution in [1.29, 1.82) is 0 Å². The fraction of sp³-hybridized carbons (Fsp3) is 1.00. The van der Waals surface area contributed by atoms with Crippen molar-refractivity contribution in [3.8, 4) is 0 Å². The molecule has 0 saturated carbocycles. The smallest absolute Gasteiger partial charge is 0.0701 e. The Balaban J connectivity index is 3.82. The molecule has 0 aromatic carbocycles. The maximum Gasteiger partial charge on any atom is 0.0701 e. The highest BCUT2D eigenvalue weighted by atomic mass is 16.5. The second kappa shape index (κ2) is 9.09. The summed E-state index contributed by atoms with van der Waals surface area (Å²) in [5, 5.41) is 0. The van der Waals surface area contributed by atoms with E-state index in [2.05, 4.69) is 25.8 Å². The van der Waals surface area contributed by atoms with E-state index in [1.54, 1.807) is 14.2 Å². The molecule has 4 nitrogen and oxygen atoms in total. The predicted octanol–water partition coefficient (Wildman–Crippen LogP) is 1.00. The van der Waals surface area contributed by atoms with Crippen LogP contribution in [-0.2, 0) is 14.2 Å². The fourth-order valence-electron chi connectivity index (χ4n) is 1.26. The SMILES string of the molecule is COCCOCC(COC)N(C)C(C)C. The molecular weight excluding hydrogens is 194 g/mol. The molecule has 0 amide bonds. The standard InChI is InChI=1S/C11H25NO3/c1-10(2)12(3)11(8-14-5)9-15-7-6-13-4/h10-11H,6-9H2,1-5H3. The van der Waals surface area contributed by atoms with E-state index in [1.807, 2.05) is 0 Å². The second-order valence-corrected chi connectivity index (χ2v) is 3.94. The van der Waals surface area contributed by atoms with Crippen molar-refractivity contribution in [3.05, 3.63) is 0 Å². The van der Waals surface area contributed by atoms with Gasteiger partial charge in [0, 0.05) is 20.3 Å². The molecule has 1 atom stereocenters. The summed E-state index contributed by atoms with van der Waals surface area (Å²) in [6.07, 6.45) is 0. The van der Waals surface area contributed by atoms with Gasteiger partial charge in [-0.05, 0) is 20.9 Å². The van der Waals surface area contributed by atoms with Gasteiger partial charge in [0.1, 0.15) is 0 Å². The largest absolute Gasteiger partial charge is 0.383 e. The summed E-state index contributed by atoms with van der Waals surface area (Å²) >= 11 is 0. The summed E-state index contributed by atoms with van der Waals surface area (Å²) in [7, 11) is 5.49. The van der Waals surface area contributed by atoms with Gasteiger partial charge in [0.15, 0.2) is 0 Å². The van der Waals surface area contributed by atoms with Crippen molar-refractivity contribution >= 4 is 0 Å². The molecular formula is C11H25NO3. The number of nitrogens with zero attached hydrogens (tertiary/aromatic N) is 1. The third-order valence-electron chi connectivity index (χ3n) is 2.49. The van der Waals surface area contributed by atoms with E-state index >= 15 is 0 Å². The van der Waals surface area contributed by atoms with Gasteiger partial charge in [-0.2, -0.15) is 0 Å². The lowest BCUT2D eigenvalue weighted by Crippen LogP contribution is -2.43. The number of hydrogen-bond donors (Lipinski definition) is 0. The molecule has 4 heteroatoms. The molecule has 92 valence electrons. The third kappa shape index (κ3) is 6.84. The Morgan fingerprint density at radius 2 is 1.67 bits per heavy atom. The maximum absolute atomic E-state index is 5.51. The number of hydrogen-bond acceptors (Lipinski definition) is 4. The normalized spacial score (nSPS) is 13.8. The Morgan fingerprint density at radius 1 is 1.00 bits per heavy atom. The van der Waals surface area contributed by atoms with E-state index < -0.39 is 0 Å². The minimum absolute atomic E-state index is 0.312. The van der Waals surface area contributed by atoms with Gasteiger partial charge in [-0.15, -0.1) is 0 Å². The van der Waals surface area contributed by atoms with Crippen molar-refractivity contribution in [2.24, 2.45) is 0 Å². The van der Waals surface area contributed by atoms with Crippen LogP contribution < -0.4 is 0 Å². The number of likely N-dealkylation sites (N-methyl/N-ethyl adjacent to an activating group) is 1. The molecule has 1 unspecified atom stereocenters. The average molecular weight is 219 g/mol. The van der Waals surface area contributed by atoms with E-state index in [0.29, 0.717) is 38.5 Å². The first-order valence-electron chi connectivity index (χ1n) is 5.41. The maximum atomic E-state index is 5.51. The van der Waals surface area contributed by atoms with E-state index in [1.165, 1.54) is 0 Å². The Hall–Kier alpha value is -0.160. The topological polar surface area (TPSA) is 30.9 Å². The van der Waals surface area contributed by atoms with Crippen molar-refractivity contribution in [3.63, 3.8) is 0 Å². The van der Waals surface area contributed by atoms with E-state index in [0.717, 1.165) is 0 Å². The Labute approximate surface area is 93.5 Å². The van der Waals surface area contributed by atoms with Crippen LogP contribution in [0.1, 0.15) is 13.8 Å². The summed E-state index contributed by atoms with van der Waals surface area (Å²) in [5.74, 6) is 0. The molecule has 0 bridgehead atoms. The minimum atomic E-state index is 0.312. The zero-order chi connectivity index (χ0) is 11.7. The highest BCUT2D eigenvalue weighted by Gasteiger charge is 2.17. The molecule has 0 aliphatic rings. The van der Waals surface area contributed by atoms with Gasteiger partial charge in [0.2, 0.25) is 0 Å². The van der Waals surface area contributed by atoms with Crippen LogP contribution in [0.3, 0.4) is 0 Å². The third-order valence-corrected chi connectivity index (χ3v) is 2.49. The number of methoxy groups -OCH3 is 2. The summed E-state index contributed by atoms with van der Waals surface area (Å²) in [6.45, 7) is 7.00. The molecule has 0 spiro atoms. The Morgan fingerprint density at radius 3 is 2.13 bits per heavy atom.